The third kappa shape index (κ3) is 2.42. The summed E-state index contributed by atoms with van der Waals surface area (Å²) in [5.41, 5.74) is 1.06. The maximum atomic E-state index is 12.0. The Morgan fingerprint density at radius 3 is 2.74 bits per heavy atom. The number of carbonyl (C=O) groups is 1. The zero-order chi connectivity index (χ0) is 13.2. The highest BCUT2D eigenvalue weighted by Crippen LogP contribution is 2.16. The van der Waals surface area contributed by atoms with Crippen LogP contribution in [0.4, 0.5) is 5.69 Å². The summed E-state index contributed by atoms with van der Waals surface area (Å²) in [4.78, 5) is 17.6. The van der Waals surface area contributed by atoms with Crippen LogP contribution in [0.2, 0.25) is 0 Å². The number of rotatable bonds is 3. The van der Waals surface area contributed by atoms with E-state index in [4.69, 9.17) is 4.52 Å². The number of hydrogen-bond acceptors (Lipinski definition) is 5. The minimum absolute atomic E-state index is 0.135. The summed E-state index contributed by atoms with van der Waals surface area (Å²) in [6.45, 7) is 2.97. The van der Waals surface area contributed by atoms with Crippen LogP contribution in [0.3, 0.4) is 0 Å². The third-order valence-electron chi connectivity index (χ3n) is 3.03. The highest BCUT2D eigenvalue weighted by Gasteiger charge is 2.33. The smallest absolute Gasteiger partial charge is 0.295 e. The van der Waals surface area contributed by atoms with Crippen LogP contribution in [0, 0.1) is 6.92 Å². The molecule has 1 saturated heterocycles. The van der Waals surface area contributed by atoms with Crippen LogP contribution < -0.4 is 5.32 Å². The van der Waals surface area contributed by atoms with Crippen molar-refractivity contribution >= 4 is 11.6 Å². The summed E-state index contributed by atoms with van der Waals surface area (Å²) in [5.74, 6) is 0.362. The molecule has 1 aliphatic rings. The second-order valence-electron chi connectivity index (χ2n) is 4.55. The number of likely N-dealkylation sites (tertiary alicyclic amines) is 1. The summed E-state index contributed by atoms with van der Waals surface area (Å²) < 4.78 is 4.80. The summed E-state index contributed by atoms with van der Waals surface area (Å²) in [7, 11) is 0. The van der Waals surface area contributed by atoms with Crippen molar-refractivity contribution in [2.45, 2.75) is 13.0 Å². The fraction of sp³-hybridized carbons (Fsp3) is 0.308. The second kappa shape index (κ2) is 4.72. The van der Waals surface area contributed by atoms with Crippen LogP contribution in [0.15, 0.2) is 34.9 Å². The molecule has 1 N–H and O–H groups in total. The number of para-hydroxylation sites is 1. The molecule has 1 fully saturated rings. The molecule has 98 valence electrons. The predicted molar refractivity (Wildman–Crippen MR) is 68.8 cm³/mol. The Balaban J connectivity index is 1.54. The van der Waals surface area contributed by atoms with Gasteiger partial charge in [0.15, 0.2) is 0 Å². The lowest BCUT2D eigenvalue weighted by atomic mass is 10.1. The van der Waals surface area contributed by atoms with Gasteiger partial charge < -0.3 is 14.7 Å². The minimum atomic E-state index is -0.178. The van der Waals surface area contributed by atoms with Crippen LogP contribution in [0.25, 0.3) is 0 Å². The van der Waals surface area contributed by atoms with Gasteiger partial charge in [0.25, 0.3) is 11.7 Å². The van der Waals surface area contributed by atoms with Crippen LogP contribution in [-0.2, 0) is 0 Å². The third-order valence-corrected chi connectivity index (χ3v) is 3.03. The highest BCUT2D eigenvalue weighted by atomic mass is 16.5. The Morgan fingerprint density at radius 1 is 1.37 bits per heavy atom. The van der Waals surface area contributed by atoms with Gasteiger partial charge in [0, 0.05) is 25.7 Å². The molecule has 1 amide bonds. The SMILES string of the molecule is Cc1nc(C(=O)N2CC(Nc3ccccc3)C2)no1. The van der Waals surface area contributed by atoms with Gasteiger partial charge >= 0.3 is 0 Å². The first-order valence-corrected chi connectivity index (χ1v) is 6.13. The Labute approximate surface area is 110 Å². The van der Waals surface area contributed by atoms with Crippen molar-refractivity contribution in [3.05, 3.63) is 42.0 Å². The molecule has 0 atom stereocenters. The van der Waals surface area contributed by atoms with Crippen LogP contribution in [0.5, 0.6) is 0 Å². The average Bonchev–Trinajstić information content (AvgIpc) is 2.80. The van der Waals surface area contributed by atoms with E-state index in [2.05, 4.69) is 15.5 Å². The van der Waals surface area contributed by atoms with Crippen LogP contribution in [0.1, 0.15) is 16.5 Å². The van der Waals surface area contributed by atoms with Gasteiger partial charge in [-0.25, -0.2) is 0 Å². The van der Waals surface area contributed by atoms with Crippen molar-refractivity contribution < 1.29 is 9.32 Å². The van der Waals surface area contributed by atoms with Gasteiger partial charge in [0.2, 0.25) is 5.89 Å². The Bertz CT molecular complexity index is 575. The molecule has 0 radical (unpaired) electrons. The summed E-state index contributed by atoms with van der Waals surface area (Å²) in [6.07, 6.45) is 0. The van der Waals surface area contributed by atoms with Gasteiger partial charge in [0.1, 0.15) is 0 Å². The molecule has 0 saturated carbocycles. The van der Waals surface area contributed by atoms with Gasteiger partial charge in [-0.15, -0.1) is 0 Å². The number of aromatic nitrogens is 2. The average molecular weight is 258 g/mol. The van der Waals surface area contributed by atoms with E-state index in [0.717, 1.165) is 5.69 Å². The number of hydrogen-bond donors (Lipinski definition) is 1. The van der Waals surface area contributed by atoms with E-state index >= 15 is 0 Å². The van der Waals surface area contributed by atoms with Gasteiger partial charge in [-0.05, 0) is 12.1 Å². The van der Waals surface area contributed by atoms with E-state index in [0.29, 0.717) is 19.0 Å². The number of carbonyl (C=O) groups excluding carboxylic acids is 1. The molecule has 6 heteroatoms. The van der Waals surface area contributed by atoms with Crippen LogP contribution in [-0.4, -0.2) is 40.1 Å². The molecule has 1 aliphatic heterocycles. The standard InChI is InChI=1S/C13H14N4O2/c1-9-14-12(16-19-9)13(18)17-7-11(8-17)15-10-5-3-2-4-6-10/h2-6,11,15H,7-8H2,1H3. The van der Waals surface area contributed by atoms with Crippen molar-refractivity contribution in [3.63, 3.8) is 0 Å². The van der Waals surface area contributed by atoms with Gasteiger partial charge in [0.05, 0.1) is 6.04 Å². The van der Waals surface area contributed by atoms with Crippen molar-refractivity contribution in [3.8, 4) is 0 Å². The number of anilines is 1. The fourth-order valence-electron chi connectivity index (χ4n) is 2.03. The fourth-order valence-corrected chi connectivity index (χ4v) is 2.03. The second-order valence-corrected chi connectivity index (χ2v) is 4.55. The molecule has 0 aliphatic carbocycles. The molecule has 1 aromatic heterocycles. The minimum Gasteiger partial charge on any atom is -0.379 e. The van der Waals surface area contributed by atoms with Gasteiger partial charge in [-0.2, -0.15) is 4.98 Å². The number of benzene rings is 1. The molecule has 3 rings (SSSR count). The zero-order valence-electron chi connectivity index (χ0n) is 10.5. The Kier molecular flexibility index (Phi) is 2.91. The lowest BCUT2D eigenvalue weighted by Gasteiger charge is -2.39. The first kappa shape index (κ1) is 11.7. The first-order valence-electron chi connectivity index (χ1n) is 6.13. The zero-order valence-corrected chi connectivity index (χ0v) is 10.5. The van der Waals surface area contributed by atoms with E-state index in [1.165, 1.54) is 0 Å². The molecule has 19 heavy (non-hydrogen) atoms. The lowest BCUT2D eigenvalue weighted by molar-refractivity contribution is 0.0609. The van der Waals surface area contributed by atoms with Crippen molar-refractivity contribution in [1.29, 1.82) is 0 Å². The molecule has 0 unspecified atom stereocenters. The molecule has 1 aromatic carbocycles. The van der Waals surface area contributed by atoms with Gasteiger partial charge in [-0.1, -0.05) is 23.4 Å². The topological polar surface area (TPSA) is 71.3 Å². The number of aryl methyl sites for hydroxylation is 1. The monoisotopic (exact) mass is 258 g/mol. The molecular weight excluding hydrogens is 244 g/mol. The normalized spacial score (nSPS) is 15.1. The molecule has 2 heterocycles. The number of amides is 1. The maximum Gasteiger partial charge on any atom is 0.295 e. The number of nitrogens with one attached hydrogen (secondary N) is 1. The molecule has 2 aromatic rings. The first-order chi connectivity index (χ1) is 9.22. The maximum absolute atomic E-state index is 12.0. The van der Waals surface area contributed by atoms with E-state index in [1.807, 2.05) is 30.3 Å². The van der Waals surface area contributed by atoms with Crippen molar-refractivity contribution in [2.24, 2.45) is 0 Å². The van der Waals surface area contributed by atoms with E-state index in [9.17, 15) is 4.79 Å². The number of nitrogens with zero attached hydrogens (tertiary/aromatic N) is 3. The largest absolute Gasteiger partial charge is 0.379 e. The van der Waals surface area contributed by atoms with E-state index in [1.54, 1.807) is 11.8 Å². The van der Waals surface area contributed by atoms with E-state index < -0.39 is 0 Å². The summed E-state index contributed by atoms with van der Waals surface area (Å²) in [5, 5.41) is 6.99. The van der Waals surface area contributed by atoms with Gasteiger partial charge in [-0.3, -0.25) is 4.79 Å². The quantitative estimate of drug-likeness (QED) is 0.898. The Hall–Kier alpha value is -2.37. The molecule has 6 nitrogen and oxygen atoms in total. The molecular formula is C13H14N4O2. The molecule has 0 bridgehead atoms. The highest BCUT2D eigenvalue weighted by molar-refractivity contribution is 5.91. The lowest BCUT2D eigenvalue weighted by Crippen LogP contribution is -2.57. The van der Waals surface area contributed by atoms with Crippen LogP contribution >= 0.6 is 0 Å². The molecule has 0 spiro atoms. The van der Waals surface area contributed by atoms with E-state index in [-0.39, 0.29) is 17.8 Å². The van der Waals surface area contributed by atoms with Crippen molar-refractivity contribution in [1.82, 2.24) is 15.0 Å². The summed E-state index contributed by atoms with van der Waals surface area (Å²) >= 11 is 0. The Morgan fingerprint density at radius 2 is 2.11 bits per heavy atom. The predicted octanol–water partition coefficient (Wildman–Crippen LogP) is 1.31. The summed E-state index contributed by atoms with van der Waals surface area (Å²) in [6, 6.07) is 10.2. The van der Waals surface area contributed by atoms with Crippen molar-refractivity contribution in [2.75, 3.05) is 18.4 Å².